The Labute approximate surface area is 177 Å². The molecule has 2 heterocycles. The van der Waals surface area contributed by atoms with E-state index in [9.17, 15) is 21.6 Å². The lowest BCUT2D eigenvalue weighted by Crippen LogP contribution is -2.15. The molecule has 4 rings (SSSR count). The van der Waals surface area contributed by atoms with Crippen molar-refractivity contribution < 1.29 is 21.6 Å². The first kappa shape index (κ1) is 20.9. The van der Waals surface area contributed by atoms with Gasteiger partial charge in [-0.15, -0.1) is 16.4 Å². The van der Waals surface area contributed by atoms with Crippen LogP contribution in [0.25, 0.3) is 33.8 Å². The fourth-order valence-electron chi connectivity index (χ4n) is 3.17. The zero-order valence-electron chi connectivity index (χ0n) is 15.7. The molecule has 0 fully saturated rings. The Bertz CT molecular complexity index is 1350. The minimum atomic E-state index is -4.90. The van der Waals surface area contributed by atoms with Crippen molar-refractivity contribution in [3.8, 4) is 33.8 Å². The fraction of sp³-hybridized carbons (Fsp3) is 0.111. The summed E-state index contributed by atoms with van der Waals surface area (Å²) in [5.41, 5.74) is 6.19. The molecule has 0 spiro atoms. The first-order valence-corrected chi connectivity index (χ1v) is 11.3. The molecule has 0 aliphatic heterocycles. The summed E-state index contributed by atoms with van der Waals surface area (Å²) < 4.78 is 65.8. The monoisotopic (exact) mass is 466 g/mol. The van der Waals surface area contributed by atoms with Crippen LogP contribution < -0.4 is 5.73 Å². The number of nitrogens with zero attached hydrogens (tertiary/aromatic N) is 4. The van der Waals surface area contributed by atoms with Crippen LogP contribution in [-0.2, 0) is 16.0 Å². The number of nitrogens with one attached hydrogen (secondary N) is 1. The second-order valence-corrected chi connectivity index (χ2v) is 9.38. The average molecular weight is 466 g/mol. The second kappa shape index (κ2) is 7.42. The molecule has 0 aliphatic rings. The number of H-pyrrole nitrogens is 1. The number of nitrogens with two attached hydrogens (primary N) is 1. The number of aromatic nitrogens is 5. The number of anilines is 1. The van der Waals surface area contributed by atoms with Gasteiger partial charge in [-0.3, -0.25) is 0 Å². The Morgan fingerprint density at radius 3 is 2.26 bits per heavy atom. The van der Waals surface area contributed by atoms with Crippen molar-refractivity contribution in [2.45, 2.75) is 11.1 Å². The Hall–Kier alpha value is -3.32. The number of nitrogen functional groups attached to an aromatic ring is 1. The summed E-state index contributed by atoms with van der Waals surface area (Å²) in [5.74, 6) is -0.196. The highest BCUT2D eigenvalue weighted by Gasteiger charge is 2.39. The van der Waals surface area contributed by atoms with Gasteiger partial charge < -0.3 is 5.73 Å². The first-order valence-electron chi connectivity index (χ1n) is 8.56. The van der Waals surface area contributed by atoms with Crippen LogP contribution in [0.4, 0.5) is 18.3 Å². The molecule has 0 aliphatic carbocycles. The number of hydrogen-bond donors (Lipinski definition) is 2. The summed E-state index contributed by atoms with van der Waals surface area (Å²) in [6.07, 6.45) is -4.18. The number of rotatable bonds is 4. The van der Waals surface area contributed by atoms with Crippen LogP contribution in [0.15, 0.2) is 46.7 Å². The van der Waals surface area contributed by atoms with Crippen molar-refractivity contribution in [1.29, 1.82) is 0 Å². The van der Waals surface area contributed by atoms with Crippen LogP contribution in [0.3, 0.4) is 0 Å². The highest BCUT2D eigenvalue weighted by atomic mass is 32.2. The second-order valence-electron chi connectivity index (χ2n) is 6.53. The van der Waals surface area contributed by atoms with E-state index in [0.29, 0.717) is 22.6 Å². The summed E-state index contributed by atoms with van der Waals surface area (Å²) in [4.78, 5) is 3.29. The molecule has 8 nitrogen and oxygen atoms in total. The average Bonchev–Trinajstić information content (AvgIpc) is 3.37. The van der Waals surface area contributed by atoms with Crippen LogP contribution in [-0.4, -0.2) is 40.3 Å². The van der Waals surface area contributed by atoms with E-state index in [4.69, 9.17) is 5.73 Å². The number of benzene rings is 2. The summed E-state index contributed by atoms with van der Waals surface area (Å²) in [6, 6.07) is 8.66. The van der Waals surface area contributed by atoms with Gasteiger partial charge in [0.1, 0.15) is 0 Å². The third-order valence-electron chi connectivity index (χ3n) is 4.43. The number of thiazole rings is 1. The predicted octanol–water partition coefficient (Wildman–Crippen LogP) is 3.66. The lowest BCUT2D eigenvalue weighted by molar-refractivity contribution is -0.139. The van der Waals surface area contributed by atoms with Gasteiger partial charge in [0.05, 0.1) is 16.2 Å². The third-order valence-corrected chi connectivity index (χ3v) is 6.27. The van der Waals surface area contributed by atoms with Gasteiger partial charge in [-0.05, 0) is 27.6 Å². The summed E-state index contributed by atoms with van der Waals surface area (Å²) in [7, 11) is -4.31. The van der Waals surface area contributed by atoms with Crippen molar-refractivity contribution in [1.82, 2.24) is 25.6 Å². The van der Waals surface area contributed by atoms with Gasteiger partial charge in [0, 0.05) is 22.8 Å². The lowest BCUT2D eigenvalue weighted by atomic mass is 9.95. The molecule has 2 aromatic carbocycles. The molecule has 31 heavy (non-hydrogen) atoms. The molecule has 0 amide bonds. The fourth-order valence-corrected chi connectivity index (χ4v) is 4.91. The molecule has 0 bridgehead atoms. The molecule has 0 saturated heterocycles. The van der Waals surface area contributed by atoms with Gasteiger partial charge in [-0.1, -0.05) is 30.3 Å². The van der Waals surface area contributed by atoms with E-state index in [2.05, 4.69) is 25.6 Å². The number of halogens is 3. The minimum Gasteiger partial charge on any atom is -0.375 e. The summed E-state index contributed by atoms with van der Waals surface area (Å²) in [6.45, 7) is 0. The van der Waals surface area contributed by atoms with E-state index < -0.39 is 26.5 Å². The molecule has 2 aromatic heterocycles. The van der Waals surface area contributed by atoms with Gasteiger partial charge in [-0.2, -0.15) is 13.2 Å². The molecule has 0 radical (unpaired) electrons. The van der Waals surface area contributed by atoms with Crippen molar-refractivity contribution >= 4 is 26.3 Å². The third kappa shape index (κ3) is 4.01. The number of hydrogen-bond acceptors (Lipinski definition) is 8. The van der Waals surface area contributed by atoms with Crippen molar-refractivity contribution in [3.05, 3.63) is 47.3 Å². The first-order chi connectivity index (χ1) is 14.6. The van der Waals surface area contributed by atoms with Crippen molar-refractivity contribution in [2.24, 2.45) is 0 Å². The normalized spacial score (nSPS) is 12.3. The Morgan fingerprint density at radius 2 is 1.74 bits per heavy atom. The number of tetrazole rings is 1. The molecular weight excluding hydrogens is 453 g/mol. The van der Waals surface area contributed by atoms with Gasteiger partial charge in [0.15, 0.2) is 20.8 Å². The van der Waals surface area contributed by atoms with E-state index in [1.807, 2.05) is 0 Å². The maximum absolute atomic E-state index is 13.6. The highest BCUT2D eigenvalue weighted by Crippen LogP contribution is 2.43. The molecule has 0 saturated carbocycles. The molecule has 0 unspecified atom stereocenters. The maximum atomic E-state index is 13.6. The summed E-state index contributed by atoms with van der Waals surface area (Å²) >= 11 is 1.28. The highest BCUT2D eigenvalue weighted by molar-refractivity contribution is 7.91. The van der Waals surface area contributed by atoms with Crippen LogP contribution >= 0.6 is 11.3 Å². The molecule has 0 atom stereocenters. The Kier molecular flexibility index (Phi) is 5.01. The van der Waals surface area contributed by atoms with Crippen LogP contribution in [0, 0.1) is 0 Å². The van der Waals surface area contributed by atoms with Gasteiger partial charge in [-0.25, -0.2) is 18.5 Å². The Morgan fingerprint density at radius 1 is 1.06 bits per heavy atom. The predicted molar refractivity (Wildman–Crippen MR) is 109 cm³/mol. The number of sulfone groups is 1. The molecule has 3 N–H and O–H groups in total. The summed E-state index contributed by atoms with van der Waals surface area (Å²) in [5, 5.41) is 15.0. The van der Waals surface area contributed by atoms with Crippen LogP contribution in [0.1, 0.15) is 5.56 Å². The van der Waals surface area contributed by atoms with E-state index >= 15 is 0 Å². The van der Waals surface area contributed by atoms with Crippen molar-refractivity contribution in [2.75, 3.05) is 12.0 Å². The number of alkyl halides is 3. The van der Waals surface area contributed by atoms with E-state index in [-0.39, 0.29) is 17.0 Å². The van der Waals surface area contributed by atoms with Gasteiger partial charge >= 0.3 is 6.18 Å². The van der Waals surface area contributed by atoms with Crippen LogP contribution in [0.2, 0.25) is 0 Å². The van der Waals surface area contributed by atoms with E-state index in [1.54, 1.807) is 29.6 Å². The lowest BCUT2D eigenvalue weighted by Gasteiger charge is -2.18. The minimum absolute atomic E-state index is 0.196. The maximum Gasteiger partial charge on any atom is 0.417 e. The zero-order chi connectivity index (χ0) is 22.4. The Balaban J connectivity index is 1.97. The smallest absolute Gasteiger partial charge is 0.375 e. The van der Waals surface area contributed by atoms with Crippen molar-refractivity contribution in [3.63, 3.8) is 0 Å². The van der Waals surface area contributed by atoms with E-state index in [0.717, 1.165) is 11.6 Å². The topological polar surface area (TPSA) is 128 Å². The molecule has 160 valence electrons. The van der Waals surface area contributed by atoms with E-state index in [1.165, 1.54) is 17.4 Å². The molecule has 13 heteroatoms. The zero-order valence-corrected chi connectivity index (χ0v) is 17.3. The van der Waals surface area contributed by atoms with Gasteiger partial charge in [0.2, 0.25) is 0 Å². The SMILES string of the molecule is CS(=O)(=O)c1c(C(F)(F)F)ccc(-c2ccc(-c3csc(N)n3)cc2)c1-c1nnn[nH]1. The standard InChI is InChI=1S/C18H13F3N6O2S2/c1-31(28,29)15-12(18(19,20)21)7-6-11(14(15)16-24-26-27-25-16)9-2-4-10(5-3-9)13-8-30-17(22)23-13/h2-8H,1H3,(H2,22,23)(H,24,25,26,27). The van der Waals surface area contributed by atoms with Gasteiger partial charge in [0.25, 0.3) is 0 Å². The number of aromatic amines is 1. The molecular formula is C18H13F3N6O2S2. The molecule has 4 aromatic rings. The van der Waals surface area contributed by atoms with Crippen LogP contribution in [0.5, 0.6) is 0 Å². The quantitative estimate of drug-likeness (QED) is 0.470. The largest absolute Gasteiger partial charge is 0.417 e.